The number of anilines is 1. The lowest BCUT2D eigenvalue weighted by Gasteiger charge is -2.32. The van der Waals surface area contributed by atoms with Crippen molar-refractivity contribution >= 4 is 36.4 Å². The van der Waals surface area contributed by atoms with Gasteiger partial charge in [-0.2, -0.15) is 0 Å². The predicted molar refractivity (Wildman–Crippen MR) is 144 cm³/mol. The molecule has 0 bridgehead atoms. The summed E-state index contributed by atoms with van der Waals surface area (Å²) in [4.78, 5) is 37.6. The van der Waals surface area contributed by atoms with Crippen LogP contribution < -0.4 is 15.9 Å². The van der Waals surface area contributed by atoms with E-state index in [9.17, 15) is 14.2 Å². The van der Waals surface area contributed by atoms with Crippen molar-refractivity contribution in [1.29, 1.82) is 0 Å². The summed E-state index contributed by atoms with van der Waals surface area (Å²) in [5.74, 6) is -0.855. The van der Waals surface area contributed by atoms with Crippen LogP contribution in [0.4, 0.5) is 5.82 Å². The minimum atomic E-state index is -3.69. The number of fused-ring (bicyclic) bond motifs is 1. The molecule has 0 unspecified atom stereocenters. The standard InChI is InChI=1S/C24H42N7O6P/c1-8-9-10-11-35-23(33)24(6,7)30-38(34,29-18(5)22(32)37-16(2)3)15-36-17(4)12-31-14-28-19-20(25)26-13-27-21(19)31/h13-14,16-18H,8-12,15H2,1-7H3,(H2,25,26,27)(H2,29,30,34)/t17-,18-,38+/m1/s1. The molecule has 0 spiro atoms. The molecule has 0 amide bonds. The van der Waals surface area contributed by atoms with Gasteiger partial charge in [0.25, 0.3) is 0 Å². The number of esters is 2. The van der Waals surface area contributed by atoms with Gasteiger partial charge >= 0.3 is 11.9 Å². The second-order valence-corrected chi connectivity index (χ2v) is 12.3. The molecule has 0 saturated heterocycles. The smallest absolute Gasteiger partial charge is 0.326 e. The second kappa shape index (κ2) is 14.0. The minimum absolute atomic E-state index is 0.270. The van der Waals surface area contributed by atoms with E-state index in [1.807, 2.05) is 0 Å². The average molecular weight is 556 g/mol. The van der Waals surface area contributed by atoms with Gasteiger partial charge in [-0.15, -0.1) is 0 Å². The molecule has 0 aromatic carbocycles. The van der Waals surface area contributed by atoms with E-state index in [1.165, 1.54) is 6.33 Å². The average Bonchev–Trinajstić information content (AvgIpc) is 3.23. The number of nitrogens with two attached hydrogens (primary N) is 1. The van der Waals surface area contributed by atoms with Crippen molar-refractivity contribution in [1.82, 2.24) is 29.7 Å². The highest BCUT2D eigenvalue weighted by Gasteiger charge is 2.39. The van der Waals surface area contributed by atoms with Crippen molar-refractivity contribution in [2.45, 2.75) is 98.1 Å². The van der Waals surface area contributed by atoms with Crippen LogP contribution in [-0.4, -0.2) is 68.2 Å². The quantitative estimate of drug-likeness (QED) is 0.157. The molecular weight excluding hydrogens is 513 g/mol. The molecule has 3 atom stereocenters. The first-order chi connectivity index (χ1) is 17.8. The second-order valence-electron chi connectivity index (χ2n) is 10.1. The maximum atomic E-state index is 14.1. The number of hydrogen-bond donors (Lipinski definition) is 3. The Kier molecular flexibility index (Phi) is 11.6. The Hall–Kier alpha value is -2.60. The Morgan fingerprint density at radius 2 is 1.87 bits per heavy atom. The summed E-state index contributed by atoms with van der Waals surface area (Å²) in [6.45, 7) is 12.6. The van der Waals surface area contributed by atoms with Crippen LogP contribution in [0.2, 0.25) is 0 Å². The molecule has 0 radical (unpaired) electrons. The molecule has 4 N–H and O–H groups in total. The number of carbonyl (C=O) groups is 2. The number of imidazole rings is 1. The molecule has 0 saturated carbocycles. The lowest BCUT2D eigenvalue weighted by Crippen LogP contribution is -2.50. The van der Waals surface area contributed by atoms with Crippen LogP contribution in [0.15, 0.2) is 12.7 Å². The molecule has 214 valence electrons. The molecule has 0 aliphatic rings. The van der Waals surface area contributed by atoms with Crippen molar-refractivity contribution in [3.05, 3.63) is 12.7 Å². The zero-order valence-corrected chi connectivity index (χ0v) is 24.3. The Morgan fingerprint density at radius 3 is 2.53 bits per heavy atom. The van der Waals surface area contributed by atoms with E-state index < -0.39 is 37.1 Å². The summed E-state index contributed by atoms with van der Waals surface area (Å²) >= 11 is 0. The summed E-state index contributed by atoms with van der Waals surface area (Å²) in [6, 6.07) is -0.928. The van der Waals surface area contributed by atoms with E-state index in [0.29, 0.717) is 17.7 Å². The van der Waals surface area contributed by atoms with Gasteiger partial charge in [-0.3, -0.25) is 14.2 Å². The molecular formula is C24H42N7O6P. The topological polar surface area (TPSA) is 173 Å². The van der Waals surface area contributed by atoms with Gasteiger partial charge in [0.1, 0.15) is 29.8 Å². The van der Waals surface area contributed by atoms with Gasteiger partial charge in [0, 0.05) is 0 Å². The first-order valence-corrected chi connectivity index (χ1v) is 14.7. The molecule has 14 heteroatoms. The Balaban J connectivity index is 2.14. The summed E-state index contributed by atoms with van der Waals surface area (Å²) in [5.41, 5.74) is 5.56. The highest BCUT2D eigenvalue weighted by atomic mass is 31.2. The fraction of sp³-hybridized carbons (Fsp3) is 0.708. The van der Waals surface area contributed by atoms with Gasteiger partial charge in [0.2, 0.25) is 7.44 Å². The number of aromatic nitrogens is 4. The minimum Gasteiger partial charge on any atom is -0.464 e. The zero-order valence-electron chi connectivity index (χ0n) is 23.4. The van der Waals surface area contributed by atoms with Crippen LogP contribution in [0.1, 0.15) is 67.7 Å². The number of unbranched alkanes of at least 4 members (excludes halogenated alkanes) is 2. The maximum absolute atomic E-state index is 14.1. The molecule has 2 aromatic heterocycles. The van der Waals surface area contributed by atoms with Gasteiger partial charge in [-0.25, -0.2) is 25.1 Å². The lowest BCUT2D eigenvalue weighted by atomic mass is 10.1. The van der Waals surface area contributed by atoms with Gasteiger partial charge in [-0.05, 0) is 48.0 Å². The number of nitrogens with zero attached hydrogens (tertiary/aromatic N) is 4. The third-order valence-corrected chi connectivity index (χ3v) is 7.72. The summed E-state index contributed by atoms with van der Waals surface area (Å²) in [5, 5.41) is 5.70. The van der Waals surface area contributed by atoms with E-state index in [4.69, 9.17) is 19.9 Å². The number of nitrogens with one attached hydrogen (secondary N) is 2. The largest absolute Gasteiger partial charge is 0.464 e. The zero-order chi connectivity index (χ0) is 28.5. The van der Waals surface area contributed by atoms with Crippen LogP contribution in [0.25, 0.3) is 11.2 Å². The van der Waals surface area contributed by atoms with E-state index in [0.717, 1.165) is 19.3 Å². The number of carbonyl (C=O) groups excluding carboxylic acids is 2. The Morgan fingerprint density at radius 1 is 1.16 bits per heavy atom. The normalized spacial score (nSPS) is 15.3. The SMILES string of the molecule is CCCCCOC(=O)C(C)(C)N[P@](=O)(CO[C@H](C)Cn1cnc2c(N)ncnc21)N[C@H](C)C(=O)OC(C)C. The highest BCUT2D eigenvalue weighted by molar-refractivity contribution is 7.59. The molecule has 2 aromatic rings. The van der Waals surface area contributed by atoms with Gasteiger partial charge in [0.15, 0.2) is 11.5 Å². The Bertz CT molecular complexity index is 1120. The van der Waals surface area contributed by atoms with Crippen molar-refractivity contribution in [3.8, 4) is 0 Å². The van der Waals surface area contributed by atoms with E-state index >= 15 is 0 Å². The van der Waals surface area contributed by atoms with Crippen LogP contribution >= 0.6 is 7.44 Å². The lowest BCUT2D eigenvalue weighted by molar-refractivity contribution is -0.149. The van der Waals surface area contributed by atoms with E-state index in [1.54, 1.807) is 52.4 Å². The Labute approximate surface area is 224 Å². The first kappa shape index (κ1) is 31.6. The van der Waals surface area contributed by atoms with Crippen molar-refractivity contribution in [2.75, 3.05) is 18.7 Å². The molecule has 0 aliphatic carbocycles. The fourth-order valence-corrected chi connectivity index (χ4v) is 5.98. The molecule has 13 nitrogen and oxygen atoms in total. The van der Waals surface area contributed by atoms with Crippen molar-refractivity contribution in [3.63, 3.8) is 0 Å². The van der Waals surface area contributed by atoms with Crippen molar-refractivity contribution < 1.29 is 28.4 Å². The first-order valence-electron chi connectivity index (χ1n) is 12.8. The van der Waals surface area contributed by atoms with E-state index in [-0.39, 0.29) is 24.9 Å². The molecule has 0 fully saturated rings. The molecule has 2 heterocycles. The van der Waals surface area contributed by atoms with Crippen LogP contribution in [-0.2, 0) is 34.9 Å². The molecule has 2 rings (SSSR count). The number of hydrogen-bond acceptors (Lipinski definition) is 10. The third-order valence-electron chi connectivity index (χ3n) is 5.48. The van der Waals surface area contributed by atoms with Gasteiger partial charge < -0.3 is 24.5 Å². The van der Waals surface area contributed by atoms with Crippen LogP contribution in [0, 0.1) is 0 Å². The highest BCUT2D eigenvalue weighted by Crippen LogP contribution is 2.40. The monoisotopic (exact) mass is 555 g/mol. The third kappa shape index (κ3) is 9.30. The maximum Gasteiger partial charge on any atom is 0.326 e. The van der Waals surface area contributed by atoms with Crippen LogP contribution in [0.5, 0.6) is 0 Å². The molecule has 0 aliphatic heterocycles. The van der Waals surface area contributed by atoms with Crippen molar-refractivity contribution in [2.24, 2.45) is 0 Å². The van der Waals surface area contributed by atoms with E-state index in [2.05, 4.69) is 32.1 Å². The van der Waals surface area contributed by atoms with Gasteiger partial charge in [0.05, 0.1) is 31.7 Å². The number of ether oxygens (including phenoxy) is 3. The predicted octanol–water partition coefficient (Wildman–Crippen LogP) is 3.00. The summed E-state index contributed by atoms with van der Waals surface area (Å²) < 4.78 is 32.4. The summed E-state index contributed by atoms with van der Waals surface area (Å²) in [6.07, 6.45) is 4.50. The number of nitrogen functional groups attached to an aromatic ring is 1. The fourth-order valence-electron chi connectivity index (χ4n) is 3.59. The molecule has 38 heavy (non-hydrogen) atoms. The van der Waals surface area contributed by atoms with Gasteiger partial charge in [-0.1, -0.05) is 19.8 Å². The summed E-state index contributed by atoms with van der Waals surface area (Å²) in [7, 11) is -3.69. The number of rotatable bonds is 16. The van der Waals surface area contributed by atoms with Crippen LogP contribution in [0.3, 0.4) is 0 Å².